The fourth-order valence-corrected chi connectivity index (χ4v) is 4.89. The van der Waals surface area contributed by atoms with Crippen molar-refractivity contribution < 1.29 is 26.4 Å². The van der Waals surface area contributed by atoms with Crippen molar-refractivity contribution >= 4 is 33.6 Å². The standard InChI is InChI=1S/C17H18F3NO3S2/c1-2-10-21(14-9-11-26(23,24)12-14)16(22)8-5-13-3-6-15(7-4-13)25-17(18,19)20/h2-8,14H,1,9-12H2/b8-5+. The predicted octanol–water partition coefficient (Wildman–Crippen LogP) is 3.51. The number of benzene rings is 1. The average molecular weight is 405 g/mol. The minimum Gasteiger partial charge on any atom is -0.331 e. The first-order valence-corrected chi connectivity index (χ1v) is 10.4. The summed E-state index contributed by atoms with van der Waals surface area (Å²) < 4.78 is 60.2. The van der Waals surface area contributed by atoms with E-state index in [9.17, 15) is 26.4 Å². The normalized spacial score (nSPS) is 19.6. The third-order valence-electron chi connectivity index (χ3n) is 3.79. The summed E-state index contributed by atoms with van der Waals surface area (Å²) in [4.78, 5) is 13.9. The molecule has 0 spiro atoms. The zero-order valence-electron chi connectivity index (χ0n) is 13.8. The smallest absolute Gasteiger partial charge is 0.331 e. The second-order valence-corrected chi connectivity index (χ2v) is 9.15. The lowest BCUT2D eigenvalue weighted by Crippen LogP contribution is -2.40. The fourth-order valence-electron chi connectivity index (χ4n) is 2.62. The first-order valence-electron chi connectivity index (χ1n) is 7.75. The van der Waals surface area contributed by atoms with Crippen LogP contribution in [0.25, 0.3) is 6.08 Å². The molecule has 142 valence electrons. The summed E-state index contributed by atoms with van der Waals surface area (Å²) in [6, 6.07) is 5.23. The number of carbonyl (C=O) groups is 1. The van der Waals surface area contributed by atoms with Crippen LogP contribution in [0, 0.1) is 0 Å². The molecule has 0 radical (unpaired) electrons. The summed E-state index contributed by atoms with van der Waals surface area (Å²) in [5, 5.41) is 0. The van der Waals surface area contributed by atoms with E-state index in [1.807, 2.05) is 0 Å². The van der Waals surface area contributed by atoms with Crippen LogP contribution < -0.4 is 0 Å². The molecule has 1 aliphatic heterocycles. The zero-order chi connectivity index (χ0) is 19.4. The summed E-state index contributed by atoms with van der Waals surface area (Å²) in [7, 11) is -3.13. The van der Waals surface area contributed by atoms with Crippen LogP contribution in [0.4, 0.5) is 13.2 Å². The van der Waals surface area contributed by atoms with Gasteiger partial charge in [-0.15, -0.1) is 6.58 Å². The van der Waals surface area contributed by atoms with Gasteiger partial charge in [-0.05, 0) is 42.0 Å². The van der Waals surface area contributed by atoms with E-state index >= 15 is 0 Å². The van der Waals surface area contributed by atoms with Crippen LogP contribution in [0.1, 0.15) is 12.0 Å². The highest BCUT2D eigenvalue weighted by Crippen LogP contribution is 2.36. The number of thioether (sulfide) groups is 1. The first-order chi connectivity index (χ1) is 12.1. The molecule has 0 aromatic heterocycles. The Bertz CT molecular complexity index is 786. The molecule has 1 aromatic rings. The molecule has 1 amide bonds. The van der Waals surface area contributed by atoms with Crippen LogP contribution in [0.2, 0.25) is 0 Å². The Morgan fingerprint density at radius 2 is 1.96 bits per heavy atom. The van der Waals surface area contributed by atoms with Crippen molar-refractivity contribution in [1.29, 1.82) is 0 Å². The Labute approximate surface area is 154 Å². The molecule has 0 N–H and O–H groups in total. The molecule has 1 aromatic carbocycles. The largest absolute Gasteiger partial charge is 0.446 e. The topological polar surface area (TPSA) is 54.5 Å². The molecule has 4 nitrogen and oxygen atoms in total. The van der Waals surface area contributed by atoms with E-state index in [2.05, 4.69) is 6.58 Å². The van der Waals surface area contributed by atoms with E-state index in [0.29, 0.717) is 12.0 Å². The number of carbonyl (C=O) groups excluding carboxylic acids is 1. The highest BCUT2D eigenvalue weighted by atomic mass is 32.2. The van der Waals surface area contributed by atoms with Gasteiger partial charge >= 0.3 is 5.51 Å². The van der Waals surface area contributed by atoms with E-state index in [-0.39, 0.29) is 46.7 Å². The number of hydrogen-bond acceptors (Lipinski definition) is 4. The number of alkyl halides is 3. The van der Waals surface area contributed by atoms with E-state index in [1.165, 1.54) is 47.4 Å². The lowest BCUT2D eigenvalue weighted by atomic mass is 10.2. The number of nitrogens with zero attached hydrogens (tertiary/aromatic N) is 1. The maximum absolute atomic E-state index is 12.4. The minimum atomic E-state index is -4.35. The number of sulfone groups is 1. The molecular weight excluding hydrogens is 387 g/mol. The Hall–Kier alpha value is -1.74. The Balaban J connectivity index is 2.05. The maximum Gasteiger partial charge on any atom is 0.446 e. The Kier molecular flexibility index (Phi) is 6.57. The molecule has 1 atom stereocenters. The minimum absolute atomic E-state index is 0.0562. The molecule has 1 saturated heterocycles. The SMILES string of the molecule is C=CCN(C(=O)/C=C/c1ccc(SC(F)(F)F)cc1)C1CCS(=O)(=O)C1. The van der Waals surface area contributed by atoms with Gasteiger partial charge in [0.25, 0.3) is 0 Å². The molecule has 2 rings (SSSR count). The quantitative estimate of drug-likeness (QED) is 0.413. The van der Waals surface area contributed by atoms with Gasteiger partial charge < -0.3 is 4.90 Å². The molecule has 26 heavy (non-hydrogen) atoms. The maximum atomic E-state index is 12.4. The van der Waals surface area contributed by atoms with Crippen molar-refractivity contribution in [3.8, 4) is 0 Å². The van der Waals surface area contributed by atoms with Crippen molar-refractivity contribution in [2.24, 2.45) is 0 Å². The van der Waals surface area contributed by atoms with Crippen LogP contribution in [-0.4, -0.2) is 48.8 Å². The Morgan fingerprint density at radius 1 is 1.31 bits per heavy atom. The predicted molar refractivity (Wildman–Crippen MR) is 96.4 cm³/mol. The molecule has 0 bridgehead atoms. The van der Waals surface area contributed by atoms with Gasteiger partial charge in [0.05, 0.1) is 11.5 Å². The van der Waals surface area contributed by atoms with Gasteiger partial charge in [-0.3, -0.25) is 4.79 Å². The third-order valence-corrected chi connectivity index (χ3v) is 6.28. The molecule has 0 aliphatic carbocycles. The lowest BCUT2D eigenvalue weighted by molar-refractivity contribution is -0.127. The molecule has 1 fully saturated rings. The average Bonchev–Trinajstić information content (AvgIpc) is 2.90. The summed E-state index contributed by atoms with van der Waals surface area (Å²) >= 11 is -0.205. The molecule has 1 aliphatic rings. The third kappa shape index (κ3) is 6.21. The van der Waals surface area contributed by atoms with E-state index in [4.69, 9.17) is 0 Å². The van der Waals surface area contributed by atoms with Crippen molar-refractivity contribution in [2.75, 3.05) is 18.1 Å². The number of amides is 1. The van der Waals surface area contributed by atoms with Gasteiger partial charge in [0.1, 0.15) is 0 Å². The van der Waals surface area contributed by atoms with Crippen LogP contribution in [0.5, 0.6) is 0 Å². The molecule has 0 saturated carbocycles. The van der Waals surface area contributed by atoms with Gasteiger partial charge in [-0.1, -0.05) is 18.2 Å². The van der Waals surface area contributed by atoms with Gasteiger partial charge in [-0.2, -0.15) is 13.2 Å². The molecular formula is C17H18F3NO3S2. The lowest BCUT2D eigenvalue weighted by Gasteiger charge is -2.25. The second kappa shape index (κ2) is 8.30. The molecule has 1 unspecified atom stereocenters. The van der Waals surface area contributed by atoms with E-state index in [0.717, 1.165) is 0 Å². The summed E-state index contributed by atoms with van der Waals surface area (Å²) in [5.41, 5.74) is -3.78. The van der Waals surface area contributed by atoms with Crippen LogP contribution in [0.15, 0.2) is 47.9 Å². The fraction of sp³-hybridized carbons (Fsp3) is 0.353. The van der Waals surface area contributed by atoms with Crippen molar-refractivity contribution in [1.82, 2.24) is 4.90 Å². The van der Waals surface area contributed by atoms with Gasteiger partial charge in [0, 0.05) is 23.6 Å². The Morgan fingerprint density at radius 3 is 2.46 bits per heavy atom. The summed E-state index contributed by atoms with van der Waals surface area (Å²) in [6.45, 7) is 3.81. The highest BCUT2D eigenvalue weighted by molar-refractivity contribution is 8.00. The van der Waals surface area contributed by atoms with Crippen molar-refractivity contribution in [3.05, 3.63) is 48.6 Å². The van der Waals surface area contributed by atoms with Crippen LogP contribution in [-0.2, 0) is 14.6 Å². The van der Waals surface area contributed by atoms with Gasteiger partial charge in [0.15, 0.2) is 9.84 Å². The summed E-state index contributed by atoms with van der Waals surface area (Å²) in [5.74, 6) is -0.370. The molecule has 9 heteroatoms. The summed E-state index contributed by atoms with van der Waals surface area (Å²) in [6.07, 6.45) is 4.70. The van der Waals surface area contributed by atoms with Crippen LogP contribution >= 0.6 is 11.8 Å². The van der Waals surface area contributed by atoms with Gasteiger partial charge in [0.2, 0.25) is 5.91 Å². The highest BCUT2D eigenvalue weighted by Gasteiger charge is 2.33. The van der Waals surface area contributed by atoms with Crippen LogP contribution in [0.3, 0.4) is 0 Å². The zero-order valence-corrected chi connectivity index (χ0v) is 15.4. The van der Waals surface area contributed by atoms with Gasteiger partial charge in [-0.25, -0.2) is 8.42 Å². The number of hydrogen-bond donors (Lipinski definition) is 0. The number of halogens is 3. The van der Waals surface area contributed by atoms with E-state index in [1.54, 1.807) is 0 Å². The number of rotatable bonds is 6. The van der Waals surface area contributed by atoms with Crippen molar-refractivity contribution in [3.63, 3.8) is 0 Å². The van der Waals surface area contributed by atoms with E-state index < -0.39 is 15.3 Å². The molecule has 1 heterocycles. The monoisotopic (exact) mass is 405 g/mol. The van der Waals surface area contributed by atoms with Crippen molar-refractivity contribution in [2.45, 2.75) is 22.9 Å². The first kappa shape index (κ1) is 20.6. The second-order valence-electron chi connectivity index (χ2n) is 5.79.